The average molecular weight is 340 g/mol. The number of aromatic nitrogens is 1. The van der Waals surface area contributed by atoms with Crippen molar-refractivity contribution in [1.82, 2.24) is 9.30 Å². The van der Waals surface area contributed by atoms with Crippen molar-refractivity contribution in [3.63, 3.8) is 0 Å². The van der Waals surface area contributed by atoms with Crippen LogP contribution in [0.3, 0.4) is 0 Å². The summed E-state index contributed by atoms with van der Waals surface area (Å²) >= 11 is 0. The van der Waals surface area contributed by atoms with Crippen LogP contribution in [-0.2, 0) is 0 Å². The Morgan fingerprint density at radius 1 is 0.769 bits per heavy atom. The Bertz CT molecular complexity index is 1060. The van der Waals surface area contributed by atoms with E-state index < -0.39 is 0 Å². The van der Waals surface area contributed by atoms with Gasteiger partial charge in [-0.3, -0.25) is 4.79 Å². The minimum atomic E-state index is 0.00916. The summed E-state index contributed by atoms with van der Waals surface area (Å²) in [6.45, 7) is 0. The van der Waals surface area contributed by atoms with Gasteiger partial charge in [-0.2, -0.15) is 0 Å². The number of nitrogens with zero attached hydrogens (tertiary/aromatic N) is 2. The van der Waals surface area contributed by atoms with E-state index in [4.69, 9.17) is 0 Å². The largest absolute Gasteiger partial charge is 0.345 e. The molecule has 2 aromatic carbocycles. The Balaban J connectivity index is 1.97. The summed E-state index contributed by atoms with van der Waals surface area (Å²) in [5.74, 6) is 0.00916. The second-order valence-corrected chi connectivity index (χ2v) is 6.55. The Morgan fingerprint density at radius 2 is 1.38 bits per heavy atom. The second-order valence-electron chi connectivity index (χ2n) is 6.55. The minimum absolute atomic E-state index is 0.00916. The van der Waals surface area contributed by atoms with Crippen molar-refractivity contribution in [2.45, 2.75) is 0 Å². The van der Waals surface area contributed by atoms with E-state index in [-0.39, 0.29) is 5.91 Å². The first-order chi connectivity index (χ1) is 12.6. The van der Waals surface area contributed by atoms with E-state index in [1.807, 2.05) is 48.7 Å². The molecule has 128 valence electrons. The highest BCUT2D eigenvalue weighted by atomic mass is 16.2. The fraction of sp³-hybridized carbons (Fsp3) is 0.0870. The predicted octanol–water partition coefficient (Wildman–Crippen LogP) is 4.98. The first kappa shape index (κ1) is 16.2. The lowest BCUT2D eigenvalue weighted by Gasteiger charge is -2.10. The van der Waals surface area contributed by atoms with Crippen molar-refractivity contribution in [3.8, 4) is 22.4 Å². The van der Waals surface area contributed by atoms with Crippen molar-refractivity contribution >= 4 is 11.4 Å². The molecule has 2 aromatic heterocycles. The summed E-state index contributed by atoms with van der Waals surface area (Å²) in [4.78, 5) is 14.4. The van der Waals surface area contributed by atoms with Gasteiger partial charge in [0.1, 0.15) is 0 Å². The normalized spacial score (nSPS) is 10.8. The smallest absolute Gasteiger partial charge is 0.255 e. The van der Waals surface area contributed by atoms with E-state index in [0.29, 0.717) is 5.56 Å². The van der Waals surface area contributed by atoms with Crippen LogP contribution in [0.1, 0.15) is 10.4 Å². The molecule has 4 rings (SSSR count). The van der Waals surface area contributed by atoms with Gasteiger partial charge in [-0.25, -0.2) is 0 Å². The zero-order valence-electron chi connectivity index (χ0n) is 14.9. The lowest BCUT2D eigenvalue weighted by Crippen LogP contribution is -2.21. The van der Waals surface area contributed by atoms with Crippen LogP contribution in [0.2, 0.25) is 0 Å². The predicted molar refractivity (Wildman–Crippen MR) is 106 cm³/mol. The van der Waals surface area contributed by atoms with Gasteiger partial charge in [0.25, 0.3) is 5.91 Å². The van der Waals surface area contributed by atoms with Crippen LogP contribution < -0.4 is 0 Å². The Labute approximate surface area is 153 Å². The molecule has 0 fully saturated rings. The van der Waals surface area contributed by atoms with E-state index in [2.05, 4.69) is 40.8 Å². The molecule has 1 amide bonds. The number of pyridine rings is 1. The van der Waals surface area contributed by atoms with Crippen LogP contribution in [-0.4, -0.2) is 29.3 Å². The Morgan fingerprint density at radius 3 is 2.00 bits per heavy atom. The molecule has 3 heteroatoms. The number of hydrogen-bond acceptors (Lipinski definition) is 1. The van der Waals surface area contributed by atoms with Gasteiger partial charge in [0.05, 0.1) is 16.8 Å². The molecular weight excluding hydrogens is 320 g/mol. The van der Waals surface area contributed by atoms with Crippen LogP contribution in [0, 0.1) is 0 Å². The summed E-state index contributed by atoms with van der Waals surface area (Å²) in [7, 11) is 3.57. The molecule has 4 aromatic rings. The molecule has 26 heavy (non-hydrogen) atoms. The first-order valence-electron chi connectivity index (χ1n) is 8.63. The highest BCUT2D eigenvalue weighted by Crippen LogP contribution is 2.30. The second kappa shape index (κ2) is 6.52. The number of carbonyl (C=O) groups excluding carboxylic acids is 1. The van der Waals surface area contributed by atoms with Gasteiger partial charge in [0.2, 0.25) is 0 Å². The number of benzene rings is 2. The van der Waals surface area contributed by atoms with Crippen molar-refractivity contribution in [2.75, 3.05) is 14.1 Å². The monoisotopic (exact) mass is 340 g/mol. The van der Waals surface area contributed by atoms with Gasteiger partial charge >= 0.3 is 0 Å². The van der Waals surface area contributed by atoms with Crippen LogP contribution >= 0.6 is 0 Å². The molecule has 0 radical (unpaired) electrons. The molecule has 0 unspecified atom stereocenters. The maximum atomic E-state index is 12.8. The molecule has 2 heterocycles. The Hall–Kier alpha value is -3.33. The molecule has 0 saturated heterocycles. The van der Waals surface area contributed by atoms with Crippen LogP contribution in [0.5, 0.6) is 0 Å². The van der Waals surface area contributed by atoms with Crippen molar-refractivity contribution in [3.05, 3.63) is 90.6 Å². The zero-order chi connectivity index (χ0) is 18.1. The molecule has 0 N–H and O–H groups in total. The maximum Gasteiger partial charge on any atom is 0.255 e. The number of hydrogen-bond donors (Lipinski definition) is 0. The molecular formula is C23H20N2O. The van der Waals surface area contributed by atoms with E-state index in [0.717, 1.165) is 27.9 Å². The standard InChI is InChI=1S/C23H20N2O/c1-24(2)23(26)20-16-21(18-11-7-4-8-12-18)25-14-13-19(15-22(20)25)17-9-5-3-6-10-17/h3-16H,1-2H3. The third-order valence-corrected chi connectivity index (χ3v) is 4.58. The lowest BCUT2D eigenvalue weighted by molar-refractivity contribution is 0.0829. The molecule has 0 aliphatic heterocycles. The maximum absolute atomic E-state index is 12.8. The summed E-state index contributed by atoms with van der Waals surface area (Å²) in [5, 5.41) is 0. The fourth-order valence-electron chi connectivity index (χ4n) is 3.25. The molecule has 0 atom stereocenters. The van der Waals surface area contributed by atoms with Gasteiger partial charge in [0, 0.05) is 20.3 Å². The van der Waals surface area contributed by atoms with Gasteiger partial charge < -0.3 is 9.30 Å². The van der Waals surface area contributed by atoms with Gasteiger partial charge in [-0.05, 0) is 34.9 Å². The SMILES string of the molecule is CN(C)C(=O)c1cc(-c2ccccc2)n2ccc(-c3ccccc3)cc12. The molecule has 0 spiro atoms. The first-order valence-corrected chi connectivity index (χ1v) is 8.63. The minimum Gasteiger partial charge on any atom is -0.345 e. The Kier molecular flexibility index (Phi) is 4.05. The fourth-order valence-corrected chi connectivity index (χ4v) is 3.25. The highest BCUT2D eigenvalue weighted by Gasteiger charge is 2.18. The van der Waals surface area contributed by atoms with E-state index in [1.165, 1.54) is 0 Å². The van der Waals surface area contributed by atoms with Gasteiger partial charge in [0.15, 0.2) is 0 Å². The van der Waals surface area contributed by atoms with E-state index >= 15 is 0 Å². The molecule has 0 bridgehead atoms. The number of fused-ring (bicyclic) bond motifs is 1. The molecule has 0 saturated carbocycles. The summed E-state index contributed by atoms with van der Waals surface area (Å²) in [5.41, 5.74) is 5.98. The van der Waals surface area contributed by atoms with E-state index in [1.54, 1.807) is 19.0 Å². The summed E-state index contributed by atoms with van der Waals surface area (Å²) < 4.78 is 2.10. The number of rotatable bonds is 3. The summed E-state index contributed by atoms with van der Waals surface area (Å²) in [6, 6.07) is 26.6. The third kappa shape index (κ3) is 2.78. The van der Waals surface area contributed by atoms with Crippen LogP contribution in [0.25, 0.3) is 27.9 Å². The highest BCUT2D eigenvalue weighted by molar-refractivity contribution is 6.03. The number of amides is 1. The quantitative estimate of drug-likeness (QED) is 0.516. The molecule has 3 nitrogen and oxygen atoms in total. The van der Waals surface area contributed by atoms with Crippen LogP contribution in [0.4, 0.5) is 0 Å². The number of carbonyl (C=O) groups is 1. The van der Waals surface area contributed by atoms with Crippen molar-refractivity contribution < 1.29 is 4.79 Å². The average Bonchev–Trinajstić information content (AvgIpc) is 3.07. The van der Waals surface area contributed by atoms with E-state index in [9.17, 15) is 4.79 Å². The van der Waals surface area contributed by atoms with Crippen molar-refractivity contribution in [1.29, 1.82) is 0 Å². The van der Waals surface area contributed by atoms with Crippen LogP contribution in [0.15, 0.2) is 85.1 Å². The molecule has 0 aliphatic carbocycles. The van der Waals surface area contributed by atoms with Gasteiger partial charge in [-0.1, -0.05) is 60.7 Å². The summed E-state index contributed by atoms with van der Waals surface area (Å²) in [6.07, 6.45) is 2.05. The van der Waals surface area contributed by atoms with Gasteiger partial charge in [-0.15, -0.1) is 0 Å². The lowest BCUT2D eigenvalue weighted by atomic mass is 10.1. The topological polar surface area (TPSA) is 24.7 Å². The zero-order valence-corrected chi connectivity index (χ0v) is 14.9. The third-order valence-electron chi connectivity index (χ3n) is 4.58. The molecule has 0 aliphatic rings. The van der Waals surface area contributed by atoms with Crippen molar-refractivity contribution in [2.24, 2.45) is 0 Å².